The van der Waals surface area contributed by atoms with Crippen molar-refractivity contribution in [2.75, 3.05) is 5.32 Å². The summed E-state index contributed by atoms with van der Waals surface area (Å²) in [6.07, 6.45) is 2.14. The molecule has 0 aliphatic heterocycles. The van der Waals surface area contributed by atoms with Crippen LogP contribution in [-0.4, -0.2) is 16.2 Å². The molecule has 3 heteroatoms. The molecule has 1 heterocycles. The third-order valence-corrected chi connectivity index (χ3v) is 3.29. The summed E-state index contributed by atoms with van der Waals surface area (Å²) >= 11 is 0. The van der Waals surface area contributed by atoms with Gasteiger partial charge in [-0.2, -0.15) is 5.10 Å². The molecule has 2 rings (SSSR count). The van der Waals surface area contributed by atoms with Crippen molar-refractivity contribution in [3.05, 3.63) is 47.3 Å². The van der Waals surface area contributed by atoms with Crippen molar-refractivity contribution >= 4 is 5.69 Å². The van der Waals surface area contributed by atoms with Gasteiger partial charge in [0, 0.05) is 6.04 Å². The molecule has 0 saturated carbocycles. The zero-order valence-corrected chi connectivity index (χ0v) is 11.3. The van der Waals surface area contributed by atoms with E-state index in [0.29, 0.717) is 6.04 Å². The molecule has 0 aliphatic rings. The molecule has 1 aromatic carbocycles. The molecule has 1 atom stereocenters. The van der Waals surface area contributed by atoms with Gasteiger partial charge in [-0.1, -0.05) is 37.3 Å². The van der Waals surface area contributed by atoms with Gasteiger partial charge in [0.25, 0.3) is 0 Å². The number of H-pyrrole nitrogens is 1. The predicted octanol–water partition coefficient (Wildman–Crippen LogP) is 3.46. The average molecular weight is 243 g/mol. The lowest BCUT2D eigenvalue weighted by Gasteiger charge is -2.18. The van der Waals surface area contributed by atoms with Gasteiger partial charge in [-0.05, 0) is 32.3 Å². The zero-order chi connectivity index (χ0) is 13.0. The lowest BCUT2D eigenvalue weighted by atomic mass is 10.0. The molecular formula is C15H21N3. The van der Waals surface area contributed by atoms with E-state index in [2.05, 4.69) is 59.7 Å². The van der Waals surface area contributed by atoms with E-state index < -0.39 is 0 Å². The van der Waals surface area contributed by atoms with Crippen molar-refractivity contribution < 1.29 is 0 Å². The maximum absolute atomic E-state index is 4.22. The van der Waals surface area contributed by atoms with Crippen LogP contribution in [0.15, 0.2) is 30.3 Å². The highest BCUT2D eigenvalue weighted by Crippen LogP contribution is 2.19. The maximum atomic E-state index is 4.22. The molecule has 0 fully saturated rings. The molecular weight excluding hydrogens is 222 g/mol. The smallest absolute Gasteiger partial charge is 0.0825 e. The van der Waals surface area contributed by atoms with Gasteiger partial charge >= 0.3 is 0 Å². The van der Waals surface area contributed by atoms with E-state index in [1.54, 1.807) is 0 Å². The molecule has 2 aromatic rings. The van der Waals surface area contributed by atoms with Crippen LogP contribution in [0.2, 0.25) is 0 Å². The Morgan fingerprint density at radius 3 is 2.50 bits per heavy atom. The van der Waals surface area contributed by atoms with Crippen LogP contribution in [0.5, 0.6) is 0 Å². The van der Waals surface area contributed by atoms with E-state index in [0.717, 1.165) is 29.9 Å². The number of aromatic amines is 1. The number of anilines is 1. The summed E-state index contributed by atoms with van der Waals surface area (Å²) in [6, 6.07) is 11.1. The first kappa shape index (κ1) is 12.7. The second-order valence-corrected chi connectivity index (χ2v) is 4.75. The highest BCUT2D eigenvalue weighted by molar-refractivity contribution is 5.52. The van der Waals surface area contributed by atoms with Crippen molar-refractivity contribution in [1.29, 1.82) is 0 Å². The minimum atomic E-state index is 0.447. The molecule has 3 nitrogen and oxygen atoms in total. The quantitative estimate of drug-likeness (QED) is 0.844. The summed E-state index contributed by atoms with van der Waals surface area (Å²) in [4.78, 5) is 0. The van der Waals surface area contributed by atoms with E-state index in [9.17, 15) is 0 Å². The van der Waals surface area contributed by atoms with Gasteiger partial charge in [0.15, 0.2) is 0 Å². The minimum Gasteiger partial charge on any atom is -0.379 e. The summed E-state index contributed by atoms with van der Waals surface area (Å²) in [6.45, 7) is 6.30. The molecule has 0 radical (unpaired) electrons. The van der Waals surface area contributed by atoms with Gasteiger partial charge in [-0.15, -0.1) is 0 Å². The molecule has 18 heavy (non-hydrogen) atoms. The Morgan fingerprint density at radius 2 is 1.94 bits per heavy atom. The van der Waals surface area contributed by atoms with Crippen LogP contribution in [0.4, 0.5) is 5.69 Å². The summed E-state index contributed by atoms with van der Waals surface area (Å²) in [5.74, 6) is 0. The number of rotatable bonds is 5. The fourth-order valence-corrected chi connectivity index (χ4v) is 2.16. The van der Waals surface area contributed by atoms with Crippen LogP contribution >= 0.6 is 0 Å². The van der Waals surface area contributed by atoms with Gasteiger partial charge < -0.3 is 5.32 Å². The highest BCUT2D eigenvalue weighted by Gasteiger charge is 2.12. The fraction of sp³-hybridized carbons (Fsp3) is 0.400. The number of nitrogens with zero attached hydrogens (tertiary/aromatic N) is 1. The number of nitrogens with one attached hydrogen (secondary N) is 2. The second-order valence-electron chi connectivity index (χ2n) is 4.75. The zero-order valence-electron chi connectivity index (χ0n) is 11.3. The standard InChI is InChI=1S/C15H21N3/c1-4-14(10-13-8-6-5-7-9-13)16-15-11(2)17-18-12(15)3/h5-9,14,16H,4,10H2,1-3H3,(H,17,18). The summed E-state index contributed by atoms with van der Waals surface area (Å²) in [7, 11) is 0. The van der Waals surface area contributed by atoms with Crippen molar-refractivity contribution in [3.63, 3.8) is 0 Å². The van der Waals surface area contributed by atoms with Gasteiger partial charge in [-0.25, -0.2) is 0 Å². The first-order chi connectivity index (χ1) is 8.70. The molecule has 0 amide bonds. The van der Waals surface area contributed by atoms with Crippen LogP contribution in [0.3, 0.4) is 0 Å². The SMILES string of the molecule is CCC(Cc1ccccc1)Nc1c(C)n[nH]c1C. The van der Waals surface area contributed by atoms with Crippen molar-refractivity contribution in [2.45, 2.75) is 39.7 Å². The third kappa shape index (κ3) is 2.92. The molecule has 1 unspecified atom stereocenters. The molecule has 0 aliphatic carbocycles. The van der Waals surface area contributed by atoms with Crippen molar-refractivity contribution in [2.24, 2.45) is 0 Å². The van der Waals surface area contributed by atoms with Crippen molar-refractivity contribution in [3.8, 4) is 0 Å². The Kier molecular flexibility index (Phi) is 4.03. The van der Waals surface area contributed by atoms with E-state index in [4.69, 9.17) is 0 Å². The van der Waals surface area contributed by atoms with E-state index in [1.165, 1.54) is 5.56 Å². The van der Waals surface area contributed by atoms with E-state index in [1.807, 2.05) is 6.92 Å². The van der Waals surface area contributed by atoms with Crippen LogP contribution in [0.25, 0.3) is 0 Å². The minimum absolute atomic E-state index is 0.447. The summed E-state index contributed by atoms with van der Waals surface area (Å²) < 4.78 is 0. The Morgan fingerprint density at radius 1 is 1.22 bits per heavy atom. The van der Waals surface area contributed by atoms with Crippen LogP contribution in [0, 0.1) is 13.8 Å². The predicted molar refractivity (Wildman–Crippen MR) is 75.9 cm³/mol. The first-order valence-corrected chi connectivity index (χ1v) is 6.52. The van der Waals surface area contributed by atoms with E-state index >= 15 is 0 Å². The van der Waals surface area contributed by atoms with E-state index in [-0.39, 0.29) is 0 Å². The molecule has 0 bridgehead atoms. The highest BCUT2D eigenvalue weighted by atomic mass is 15.2. The second kappa shape index (κ2) is 5.71. The van der Waals surface area contributed by atoms with Crippen LogP contribution < -0.4 is 5.32 Å². The number of benzene rings is 1. The number of hydrogen-bond donors (Lipinski definition) is 2. The average Bonchev–Trinajstić information content (AvgIpc) is 2.70. The normalized spacial score (nSPS) is 12.4. The first-order valence-electron chi connectivity index (χ1n) is 6.52. The van der Waals surface area contributed by atoms with Crippen LogP contribution in [-0.2, 0) is 6.42 Å². The Labute approximate surface area is 109 Å². The van der Waals surface area contributed by atoms with Crippen LogP contribution in [0.1, 0.15) is 30.3 Å². The summed E-state index contributed by atoms with van der Waals surface area (Å²) in [5.41, 5.74) is 4.67. The van der Waals surface area contributed by atoms with Gasteiger partial charge in [-0.3, -0.25) is 5.10 Å². The molecule has 0 spiro atoms. The fourth-order valence-electron chi connectivity index (χ4n) is 2.16. The van der Waals surface area contributed by atoms with Gasteiger partial charge in [0.1, 0.15) is 0 Å². The lowest BCUT2D eigenvalue weighted by molar-refractivity contribution is 0.689. The Balaban J connectivity index is 2.06. The van der Waals surface area contributed by atoms with Crippen molar-refractivity contribution in [1.82, 2.24) is 10.2 Å². The van der Waals surface area contributed by atoms with Gasteiger partial charge in [0.05, 0.1) is 17.1 Å². The topological polar surface area (TPSA) is 40.7 Å². The lowest BCUT2D eigenvalue weighted by Crippen LogP contribution is -2.21. The largest absolute Gasteiger partial charge is 0.379 e. The molecule has 2 N–H and O–H groups in total. The molecule has 1 aromatic heterocycles. The number of hydrogen-bond acceptors (Lipinski definition) is 2. The van der Waals surface area contributed by atoms with Gasteiger partial charge in [0.2, 0.25) is 0 Å². The third-order valence-electron chi connectivity index (χ3n) is 3.29. The summed E-state index contributed by atoms with van der Waals surface area (Å²) in [5, 5.41) is 10.8. The Bertz CT molecular complexity index is 468. The Hall–Kier alpha value is -1.77. The molecule has 0 saturated heterocycles. The molecule has 96 valence electrons. The monoisotopic (exact) mass is 243 g/mol. The maximum Gasteiger partial charge on any atom is 0.0825 e. The number of aryl methyl sites for hydroxylation is 2. The number of aromatic nitrogens is 2.